The Bertz CT molecular complexity index is 538. The van der Waals surface area contributed by atoms with Crippen molar-refractivity contribution in [3.05, 3.63) is 17.0 Å². The van der Waals surface area contributed by atoms with Crippen LogP contribution < -0.4 is 4.74 Å². The Balaban J connectivity index is 1.73. The lowest BCUT2D eigenvalue weighted by atomic mass is 10.0. The number of hydrogen-bond donors (Lipinski definition) is 0. The third-order valence-electron chi connectivity index (χ3n) is 4.67. The van der Waals surface area contributed by atoms with Crippen LogP contribution in [0.3, 0.4) is 0 Å². The lowest BCUT2D eigenvalue weighted by molar-refractivity contribution is 0.313. The molecule has 0 saturated heterocycles. The van der Waals surface area contributed by atoms with E-state index in [0.29, 0.717) is 5.92 Å². The summed E-state index contributed by atoms with van der Waals surface area (Å²) in [5.74, 6) is 0.702. The highest BCUT2D eigenvalue weighted by Crippen LogP contribution is 2.40. The fourth-order valence-corrected chi connectivity index (χ4v) is 5.40. The van der Waals surface area contributed by atoms with Gasteiger partial charge in [0.05, 0.1) is 6.61 Å². The van der Waals surface area contributed by atoms with Crippen LogP contribution in [0.5, 0.6) is 5.06 Å². The molecule has 0 saturated carbocycles. The highest BCUT2D eigenvalue weighted by atomic mass is 32.1. The normalized spacial score (nSPS) is 12.8. The van der Waals surface area contributed by atoms with E-state index in [1.54, 1.807) is 4.88 Å². The van der Waals surface area contributed by atoms with Gasteiger partial charge >= 0.3 is 0 Å². The quantitative estimate of drug-likeness (QED) is 0.323. The van der Waals surface area contributed by atoms with Crippen LogP contribution in [0.25, 0.3) is 9.40 Å². The first-order chi connectivity index (χ1) is 11.7. The van der Waals surface area contributed by atoms with Gasteiger partial charge in [-0.15, -0.1) is 11.3 Å². The van der Waals surface area contributed by atoms with Crippen LogP contribution in [0.15, 0.2) is 12.1 Å². The van der Waals surface area contributed by atoms with E-state index in [-0.39, 0.29) is 0 Å². The fraction of sp³-hybridized carbons (Fsp3) is 0.714. The second kappa shape index (κ2) is 11.1. The summed E-state index contributed by atoms with van der Waals surface area (Å²) in [6, 6.07) is 4.66. The van der Waals surface area contributed by atoms with Gasteiger partial charge in [0.2, 0.25) is 0 Å². The minimum Gasteiger partial charge on any atom is -0.484 e. The van der Waals surface area contributed by atoms with Crippen LogP contribution in [-0.2, 0) is 0 Å². The summed E-state index contributed by atoms with van der Waals surface area (Å²) in [7, 11) is 0. The van der Waals surface area contributed by atoms with E-state index in [1.807, 2.05) is 22.7 Å². The number of rotatable bonds is 13. The monoisotopic (exact) mass is 366 g/mol. The first-order valence-electron chi connectivity index (χ1n) is 9.90. The van der Waals surface area contributed by atoms with Crippen LogP contribution in [-0.4, -0.2) is 6.61 Å². The summed E-state index contributed by atoms with van der Waals surface area (Å²) in [5.41, 5.74) is 0. The third kappa shape index (κ3) is 6.40. The van der Waals surface area contributed by atoms with Gasteiger partial charge < -0.3 is 4.74 Å². The molecule has 0 aromatic carbocycles. The zero-order valence-electron chi connectivity index (χ0n) is 15.7. The minimum atomic E-state index is 0.702. The molecule has 24 heavy (non-hydrogen) atoms. The molecule has 2 rings (SSSR count). The first kappa shape index (κ1) is 19.8. The number of fused-ring (bicyclic) bond motifs is 1. The minimum absolute atomic E-state index is 0.702. The molecule has 0 radical (unpaired) electrons. The summed E-state index contributed by atoms with van der Waals surface area (Å²) in [6.45, 7) is 7.79. The SMILES string of the molecule is CCCCCCCCOc1cc2sc(C(C)CCCCC)cc2s1. The van der Waals surface area contributed by atoms with Crippen LogP contribution in [0, 0.1) is 0 Å². The third-order valence-corrected chi connectivity index (χ3v) is 7.11. The number of ether oxygens (including phenoxy) is 1. The highest BCUT2D eigenvalue weighted by Gasteiger charge is 2.12. The van der Waals surface area contributed by atoms with Gasteiger partial charge in [-0.2, -0.15) is 0 Å². The first-order valence-corrected chi connectivity index (χ1v) is 11.5. The van der Waals surface area contributed by atoms with Gasteiger partial charge in [0.1, 0.15) is 0 Å². The second-order valence-electron chi connectivity index (χ2n) is 6.96. The topological polar surface area (TPSA) is 9.23 Å². The molecule has 0 N–H and O–H groups in total. The molecule has 0 bridgehead atoms. The van der Waals surface area contributed by atoms with Crippen LogP contribution in [0.4, 0.5) is 0 Å². The predicted molar refractivity (Wildman–Crippen MR) is 111 cm³/mol. The molecule has 2 aromatic rings. The van der Waals surface area contributed by atoms with Crippen molar-refractivity contribution in [2.75, 3.05) is 6.61 Å². The average molecular weight is 367 g/mol. The molecule has 136 valence electrons. The Labute approximate surface area is 156 Å². The maximum absolute atomic E-state index is 5.96. The zero-order chi connectivity index (χ0) is 17.2. The predicted octanol–water partition coefficient (Wildman–Crippen LogP) is 8.39. The lowest BCUT2D eigenvalue weighted by Gasteiger charge is -2.08. The van der Waals surface area contributed by atoms with E-state index >= 15 is 0 Å². The Kier molecular flexibility index (Phi) is 9.19. The van der Waals surface area contributed by atoms with Crippen molar-refractivity contribution in [2.24, 2.45) is 0 Å². The fourth-order valence-electron chi connectivity index (χ4n) is 3.04. The zero-order valence-corrected chi connectivity index (χ0v) is 17.4. The molecule has 0 aliphatic rings. The van der Waals surface area contributed by atoms with Gasteiger partial charge in [-0.05, 0) is 24.8 Å². The van der Waals surface area contributed by atoms with Crippen LogP contribution >= 0.6 is 22.7 Å². The van der Waals surface area contributed by atoms with Gasteiger partial charge in [0.15, 0.2) is 5.06 Å². The average Bonchev–Trinajstić information content (AvgIpc) is 3.12. The van der Waals surface area contributed by atoms with Gasteiger partial charge in [-0.25, -0.2) is 0 Å². The van der Waals surface area contributed by atoms with Crippen LogP contribution in [0.1, 0.15) is 95.8 Å². The van der Waals surface area contributed by atoms with E-state index in [0.717, 1.165) is 11.7 Å². The van der Waals surface area contributed by atoms with Crippen molar-refractivity contribution in [1.82, 2.24) is 0 Å². The molecule has 3 heteroatoms. The molecule has 0 spiro atoms. The van der Waals surface area contributed by atoms with Crippen molar-refractivity contribution in [3.8, 4) is 5.06 Å². The Morgan fingerprint density at radius 2 is 1.50 bits per heavy atom. The maximum atomic E-state index is 5.96. The molecular formula is C21H34OS2. The van der Waals surface area contributed by atoms with Gasteiger partial charge in [0.25, 0.3) is 0 Å². The molecule has 1 unspecified atom stereocenters. The van der Waals surface area contributed by atoms with Gasteiger partial charge in [-0.3, -0.25) is 0 Å². The molecule has 1 nitrogen and oxygen atoms in total. The van der Waals surface area contributed by atoms with E-state index in [2.05, 4.69) is 32.9 Å². The second-order valence-corrected chi connectivity index (χ2v) is 9.12. The van der Waals surface area contributed by atoms with Gasteiger partial charge in [0, 0.05) is 20.3 Å². The number of hydrogen-bond acceptors (Lipinski definition) is 3. The van der Waals surface area contributed by atoms with E-state index in [4.69, 9.17) is 4.74 Å². The molecule has 0 aliphatic heterocycles. The Morgan fingerprint density at radius 3 is 2.25 bits per heavy atom. The molecule has 0 fully saturated rings. The summed E-state index contributed by atoms with van der Waals surface area (Å²) >= 11 is 3.79. The van der Waals surface area contributed by atoms with E-state index < -0.39 is 0 Å². The largest absolute Gasteiger partial charge is 0.484 e. The van der Waals surface area contributed by atoms with E-state index in [9.17, 15) is 0 Å². The van der Waals surface area contributed by atoms with Crippen molar-refractivity contribution in [2.45, 2.75) is 90.9 Å². The molecule has 0 aliphatic carbocycles. The summed E-state index contributed by atoms with van der Waals surface area (Å²) in [4.78, 5) is 1.55. The van der Waals surface area contributed by atoms with E-state index in [1.165, 1.54) is 73.6 Å². The molecule has 1 atom stereocenters. The van der Waals surface area contributed by atoms with Crippen molar-refractivity contribution in [1.29, 1.82) is 0 Å². The van der Waals surface area contributed by atoms with Crippen molar-refractivity contribution < 1.29 is 4.74 Å². The van der Waals surface area contributed by atoms with Gasteiger partial charge in [-0.1, -0.05) is 83.5 Å². The van der Waals surface area contributed by atoms with Crippen molar-refractivity contribution in [3.63, 3.8) is 0 Å². The smallest absolute Gasteiger partial charge is 0.175 e. The number of unbranched alkanes of at least 4 members (excludes halogenated alkanes) is 7. The molecule has 2 heterocycles. The maximum Gasteiger partial charge on any atom is 0.175 e. The summed E-state index contributed by atoms with van der Waals surface area (Å²) in [6.07, 6.45) is 13.3. The highest BCUT2D eigenvalue weighted by molar-refractivity contribution is 7.28. The lowest BCUT2D eigenvalue weighted by Crippen LogP contribution is -1.95. The summed E-state index contributed by atoms with van der Waals surface area (Å²) < 4.78 is 8.79. The Morgan fingerprint density at radius 1 is 0.833 bits per heavy atom. The van der Waals surface area contributed by atoms with Crippen molar-refractivity contribution >= 4 is 32.1 Å². The molecular weight excluding hydrogens is 332 g/mol. The van der Waals surface area contributed by atoms with Crippen LogP contribution in [0.2, 0.25) is 0 Å². The Hall–Kier alpha value is -0.540. The molecule has 2 aromatic heterocycles. The molecule has 0 amide bonds. The number of thiophene rings is 2. The standard InChI is InChI=1S/C21H34OS2/c1-4-6-8-9-10-12-14-22-21-16-20-19(24-21)15-18(23-20)17(3)13-11-7-5-2/h15-17H,4-14H2,1-3H3. The summed E-state index contributed by atoms with van der Waals surface area (Å²) in [5, 5.41) is 1.11.